The minimum absolute atomic E-state index is 0.892. The van der Waals surface area contributed by atoms with Crippen molar-refractivity contribution in [2.45, 2.75) is 13.0 Å². The van der Waals surface area contributed by atoms with Gasteiger partial charge in [0.15, 0.2) is 0 Å². The van der Waals surface area contributed by atoms with E-state index in [9.17, 15) is 13.2 Å². The largest absolute Gasteiger partial charge is 0.321 e. The summed E-state index contributed by atoms with van der Waals surface area (Å²) in [6.07, 6.45) is 0. The lowest BCUT2D eigenvalue weighted by atomic mass is 10.4. The first-order valence-electron chi connectivity index (χ1n) is 1.99. The number of carbonyl (C=O) groups excluding carboxylic acids is 1. The van der Waals surface area contributed by atoms with Gasteiger partial charge in [-0.15, -0.1) is 0 Å². The Bertz CT molecular complexity index is 152. The number of rotatable bonds is 1. The second-order valence-electron chi connectivity index (χ2n) is 1.38. The maximum absolute atomic E-state index is 10.1. The molecule has 0 rings (SSSR count). The van der Waals surface area contributed by atoms with Crippen LogP contribution >= 0.6 is 0 Å². The van der Waals surface area contributed by atoms with Crippen LogP contribution in [-0.2, 0) is 15.5 Å². The fraction of sp³-hybridized carbons (Fsp3) is 0.667. The SMILES string of the molecule is C[C@H](N)C(=O)[SH](=O)=O. The van der Waals surface area contributed by atoms with Crippen molar-refractivity contribution in [2.75, 3.05) is 0 Å². The molecular weight excluding hydrogens is 130 g/mol. The summed E-state index contributed by atoms with van der Waals surface area (Å²) >= 11 is 0. The maximum Gasteiger partial charge on any atom is 0.259 e. The van der Waals surface area contributed by atoms with Crippen molar-refractivity contribution >= 4 is 15.8 Å². The average molecular weight is 137 g/mol. The lowest BCUT2D eigenvalue weighted by Gasteiger charge is -1.91. The molecule has 4 nitrogen and oxygen atoms in total. The Labute approximate surface area is 48.6 Å². The minimum atomic E-state index is -2.97. The molecule has 0 aromatic rings. The van der Waals surface area contributed by atoms with Crippen LogP contribution < -0.4 is 5.73 Å². The number of thiol groups is 1. The first-order valence-corrected chi connectivity index (χ1v) is 3.17. The maximum atomic E-state index is 10.1. The van der Waals surface area contributed by atoms with Crippen molar-refractivity contribution < 1.29 is 13.2 Å². The number of hydrogen-bond acceptors (Lipinski definition) is 4. The Balaban J connectivity index is 4.05. The van der Waals surface area contributed by atoms with Crippen LogP contribution in [0, 0.1) is 0 Å². The van der Waals surface area contributed by atoms with Crippen molar-refractivity contribution in [1.29, 1.82) is 0 Å². The normalized spacial score (nSPS) is 13.9. The summed E-state index contributed by atoms with van der Waals surface area (Å²) in [5.41, 5.74) is 4.90. The van der Waals surface area contributed by atoms with Gasteiger partial charge in [0.05, 0.1) is 6.04 Å². The lowest BCUT2D eigenvalue weighted by Crippen LogP contribution is -2.27. The highest BCUT2D eigenvalue weighted by Crippen LogP contribution is 1.77. The molecule has 0 saturated heterocycles. The van der Waals surface area contributed by atoms with Gasteiger partial charge in [-0.1, -0.05) is 0 Å². The zero-order valence-corrected chi connectivity index (χ0v) is 5.22. The van der Waals surface area contributed by atoms with Gasteiger partial charge in [0.25, 0.3) is 5.12 Å². The molecule has 0 aromatic heterocycles. The van der Waals surface area contributed by atoms with Crippen LogP contribution in [0.15, 0.2) is 0 Å². The van der Waals surface area contributed by atoms with Gasteiger partial charge in [-0.3, -0.25) is 4.79 Å². The van der Waals surface area contributed by atoms with Gasteiger partial charge >= 0.3 is 0 Å². The van der Waals surface area contributed by atoms with Crippen LogP contribution in [-0.4, -0.2) is 19.6 Å². The van der Waals surface area contributed by atoms with Gasteiger partial charge in [0.1, 0.15) is 0 Å². The number of carbonyl (C=O) groups is 1. The van der Waals surface area contributed by atoms with Crippen LogP contribution in [0.4, 0.5) is 0 Å². The van der Waals surface area contributed by atoms with Crippen LogP contribution in [0.25, 0.3) is 0 Å². The summed E-state index contributed by atoms with van der Waals surface area (Å²) in [5.74, 6) is 0. The zero-order chi connectivity index (χ0) is 6.73. The van der Waals surface area contributed by atoms with E-state index in [1.54, 1.807) is 0 Å². The molecule has 0 unspecified atom stereocenters. The summed E-state index contributed by atoms with van der Waals surface area (Å²) in [7, 11) is -2.97. The predicted octanol–water partition coefficient (Wildman–Crippen LogP) is -1.53. The molecule has 0 aromatic carbocycles. The van der Waals surface area contributed by atoms with Crippen LogP contribution in [0.1, 0.15) is 6.92 Å². The molecule has 0 fully saturated rings. The Morgan fingerprint density at radius 2 is 2.00 bits per heavy atom. The minimum Gasteiger partial charge on any atom is -0.321 e. The van der Waals surface area contributed by atoms with Crippen LogP contribution in [0.5, 0.6) is 0 Å². The first kappa shape index (κ1) is 7.58. The van der Waals surface area contributed by atoms with Crippen molar-refractivity contribution in [3.05, 3.63) is 0 Å². The average Bonchev–Trinajstić information content (AvgIpc) is 1.64. The molecule has 1 atom stereocenters. The molecule has 0 radical (unpaired) electrons. The monoisotopic (exact) mass is 137 g/mol. The fourth-order valence-electron chi connectivity index (χ4n) is 0.166. The molecule has 48 valence electrons. The van der Waals surface area contributed by atoms with E-state index < -0.39 is 21.9 Å². The molecule has 0 aliphatic carbocycles. The molecule has 0 saturated carbocycles. The van der Waals surface area contributed by atoms with E-state index in [1.165, 1.54) is 6.92 Å². The first-order chi connectivity index (χ1) is 3.55. The van der Waals surface area contributed by atoms with E-state index >= 15 is 0 Å². The van der Waals surface area contributed by atoms with E-state index in [0.29, 0.717) is 0 Å². The van der Waals surface area contributed by atoms with Crippen molar-refractivity contribution in [3.63, 3.8) is 0 Å². The van der Waals surface area contributed by atoms with Gasteiger partial charge in [-0.25, -0.2) is 8.42 Å². The van der Waals surface area contributed by atoms with Gasteiger partial charge in [0, 0.05) is 0 Å². The smallest absolute Gasteiger partial charge is 0.259 e. The number of hydrogen-bond donors (Lipinski definition) is 2. The van der Waals surface area contributed by atoms with E-state index in [0.717, 1.165) is 0 Å². The molecule has 0 aliphatic heterocycles. The van der Waals surface area contributed by atoms with E-state index in [2.05, 4.69) is 0 Å². The second kappa shape index (κ2) is 2.78. The van der Waals surface area contributed by atoms with E-state index in [4.69, 9.17) is 5.73 Å². The number of nitrogens with two attached hydrogens (primary N) is 1. The Hall–Kier alpha value is -0.420. The third-order valence-corrected chi connectivity index (χ3v) is 1.34. The Kier molecular flexibility index (Phi) is 2.64. The fourth-order valence-corrected chi connectivity index (χ4v) is 0.499. The Morgan fingerprint density at radius 1 is 1.62 bits per heavy atom. The molecule has 0 spiro atoms. The van der Waals surface area contributed by atoms with Gasteiger partial charge in [0.2, 0.25) is 10.7 Å². The summed E-state index contributed by atoms with van der Waals surface area (Å²) in [6.45, 7) is 1.33. The van der Waals surface area contributed by atoms with Gasteiger partial charge in [-0.2, -0.15) is 0 Å². The van der Waals surface area contributed by atoms with E-state index in [-0.39, 0.29) is 0 Å². The standard InChI is InChI=1S/C3H7NO3S/c1-2(4)3(5)8(6)7/h2,8H,4H2,1H3/t2-/m0/s1. The summed E-state index contributed by atoms with van der Waals surface area (Å²) in [5, 5.41) is -0.917. The highest BCUT2D eigenvalue weighted by Gasteiger charge is 2.08. The molecule has 0 amide bonds. The molecule has 0 aliphatic rings. The molecule has 5 heteroatoms. The van der Waals surface area contributed by atoms with Crippen molar-refractivity contribution in [3.8, 4) is 0 Å². The predicted molar refractivity (Wildman–Crippen MR) is 29.0 cm³/mol. The van der Waals surface area contributed by atoms with Crippen LogP contribution in [0.2, 0.25) is 0 Å². The molecule has 0 bridgehead atoms. The zero-order valence-electron chi connectivity index (χ0n) is 4.33. The van der Waals surface area contributed by atoms with Gasteiger partial charge < -0.3 is 5.73 Å². The van der Waals surface area contributed by atoms with Crippen molar-refractivity contribution in [2.24, 2.45) is 5.73 Å². The Morgan fingerprint density at radius 3 is 2.00 bits per heavy atom. The quantitative estimate of drug-likeness (QED) is 0.430. The lowest BCUT2D eigenvalue weighted by molar-refractivity contribution is -0.112. The summed E-state index contributed by atoms with van der Waals surface area (Å²) in [4.78, 5) is 10.1. The molecular formula is C3H7NO3S. The third kappa shape index (κ3) is 2.04. The topological polar surface area (TPSA) is 77.2 Å². The highest BCUT2D eigenvalue weighted by atomic mass is 32.2. The van der Waals surface area contributed by atoms with Gasteiger partial charge in [-0.05, 0) is 6.92 Å². The second-order valence-corrected chi connectivity index (χ2v) is 2.34. The molecule has 2 N–H and O–H groups in total. The molecule has 8 heavy (non-hydrogen) atoms. The highest BCUT2D eigenvalue weighted by molar-refractivity contribution is 7.89. The summed E-state index contributed by atoms with van der Waals surface area (Å²) in [6, 6.07) is -0.892. The third-order valence-electron chi connectivity index (χ3n) is 0.569. The van der Waals surface area contributed by atoms with Crippen LogP contribution in [0.3, 0.4) is 0 Å². The van der Waals surface area contributed by atoms with Crippen molar-refractivity contribution in [1.82, 2.24) is 0 Å². The molecule has 0 heterocycles. The van der Waals surface area contributed by atoms with E-state index in [1.807, 2.05) is 0 Å². The summed E-state index contributed by atoms with van der Waals surface area (Å²) < 4.78 is 19.5.